The van der Waals surface area contributed by atoms with E-state index in [9.17, 15) is 14.0 Å². The summed E-state index contributed by atoms with van der Waals surface area (Å²) in [4.78, 5) is 25.1. The number of rotatable bonds is 6. The molecule has 0 saturated carbocycles. The Kier molecular flexibility index (Phi) is 5.61. The molecule has 0 aliphatic carbocycles. The summed E-state index contributed by atoms with van der Waals surface area (Å²) < 4.78 is 18.4. The number of amides is 1. The Bertz CT molecular complexity index is 1480. The van der Waals surface area contributed by atoms with E-state index >= 15 is 0 Å². The van der Waals surface area contributed by atoms with Gasteiger partial charge in [-0.1, -0.05) is 18.2 Å². The third kappa shape index (κ3) is 4.29. The van der Waals surface area contributed by atoms with Crippen LogP contribution in [0.15, 0.2) is 108 Å². The van der Waals surface area contributed by atoms with Gasteiger partial charge in [0.1, 0.15) is 11.4 Å². The zero-order valence-electron chi connectivity index (χ0n) is 18.0. The second-order valence-corrected chi connectivity index (χ2v) is 7.68. The molecule has 34 heavy (non-hydrogen) atoms. The molecule has 0 fully saturated rings. The minimum atomic E-state index is -0.350. The minimum absolute atomic E-state index is 0.0735. The predicted octanol–water partition coefficient (Wildman–Crippen LogP) is 4.26. The summed E-state index contributed by atoms with van der Waals surface area (Å²) in [6.45, 7) is 0.441. The number of carbonyl (C=O) groups is 1. The zero-order chi connectivity index (χ0) is 23.5. The van der Waals surface area contributed by atoms with Crippen molar-refractivity contribution in [2.24, 2.45) is 0 Å². The molecule has 0 bridgehead atoms. The van der Waals surface area contributed by atoms with Gasteiger partial charge in [-0.25, -0.2) is 9.07 Å². The van der Waals surface area contributed by atoms with Crippen LogP contribution < -0.4 is 10.9 Å². The third-order valence-corrected chi connectivity index (χ3v) is 5.37. The van der Waals surface area contributed by atoms with Crippen molar-refractivity contribution in [3.05, 3.63) is 131 Å². The van der Waals surface area contributed by atoms with Crippen LogP contribution in [0.5, 0.6) is 0 Å². The fourth-order valence-corrected chi connectivity index (χ4v) is 3.68. The van der Waals surface area contributed by atoms with Gasteiger partial charge in [-0.05, 0) is 60.2 Å². The summed E-state index contributed by atoms with van der Waals surface area (Å²) in [5, 5.41) is 7.29. The first-order chi connectivity index (χ1) is 16.6. The van der Waals surface area contributed by atoms with Crippen LogP contribution in [0.2, 0.25) is 0 Å². The van der Waals surface area contributed by atoms with Gasteiger partial charge in [0.25, 0.3) is 11.5 Å². The normalized spacial score (nSPS) is 10.9. The summed E-state index contributed by atoms with van der Waals surface area (Å²) in [5.41, 5.74) is 2.46. The maximum absolute atomic E-state index is 13.4. The molecule has 0 atom stereocenters. The lowest BCUT2D eigenvalue weighted by Crippen LogP contribution is -2.18. The number of nitrogens with one attached hydrogen (secondary N) is 1. The van der Waals surface area contributed by atoms with Crippen LogP contribution in [0.4, 0.5) is 10.1 Å². The molecule has 0 spiro atoms. The highest BCUT2D eigenvalue weighted by Gasteiger charge is 2.20. The van der Waals surface area contributed by atoms with E-state index in [1.807, 2.05) is 42.7 Å². The summed E-state index contributed by atoms with van der Waals surface area (Å²) in [6.07, 6.45) is 6.85. The molecule has 1 N–H and O–H groups in total. The topological polar surface area (TPSA) is 73.8 Å². The number of nitrogens with zero attached hydrogens (tertiary/aromatic N) is 4. The maximum atomic E-state index is 13.4. The first-order valence-electron chi connectivity index (χ1n) is 10.6. The van der Waals surface area contributed by atoms with Crippen molar-refractivity contribution in [2.45, 2.75) is 6.54 Å². The molecule has 168 valence electrons. The Labute approximate surface area is 194 Å². The van der Waals surface area contributed by atoms with Crippen LogP contribution in [0.25, 0.3) is 11.5 Å². The van der Waals surface area contributed by atoms with Crippen LogP contribution in [-0.2, 0) is 6.54 Å². The van der Waals surface area contributed by atoms with Crippen molar-refractivity contribution in [3.63, 3.8) is 0 Å². The van der Waals surface area contributed by atoms with Crippen molar-refractivity contribution in [2.75, 3.05) is 5.32 Å². The lowest BCUT2D eigenvalue weighted by molar-refractivity contribution is 0.102. The average Bonchev–Trinajstić information content (AvgIpc) is 3.52. The molecular weight excluding hydrogens is 433 g/mol. The highest BCUT2D eigenvalue weighted by atomic mass is 19.1. The smallest absolute Gasteiger partial charge is 0.261 e. The molecule has 0 unspecified atom stereocenters. The van der Waals surface area contributed by atoms with E-state index in [0.717, 1.165) is 5.56 Å². The summed E-state index contributed by atoms with van der Waals surface area (Å²) in [6, 6.07) is 22.0. The summed E-state index contributed by atoms with van der Waals surface area (Å²) in [7, 11) is 0. The Morgan fingerprint density at radius 2 is 1.59 bits per heavy atom. The van der Waals surface area contributed by atoms with E-state index in [4.69, 9.17) is 0 Å². The van der Waals surface area contributed by atoms with Crippen LogP contribution in [0.3, 0.4) is 0 Å². The molecule has 0 aliphatic rings. The Morgan fingerprint density at radius 3 is 2.29 bits per heavy atom. The zero-order valence-corrected chi connectivity index (χ0v) is 18.0. The molecule has 0 aliphatic heterocycles. The Hall–Kier alpha value is -4.72. The quantitative estimate of drug-likeness (QED) is 0.417. The lowest BCUT2D eigenvalue weighted by atomic mass is 10.2. The van der Waals surface area contributed by atoms with E-state index < -0.39 is 0 Å². The van der Waals surface area contributed by atoms with Crippen molar-refractivity contribution in [1.82, 2.24) is 18.9 Å². The monoisotopic (exact) mass is 453 g/mol. The Balaban J connectivity index is 1.40. The van der Waals surface area contributed by atoms with Gasteiger partial charge in [0.05, 0.1) is 18.4 Å². The van der Waals surface area contributed by atoms with E-state index in [2.05, 4.69) is 10.4 Å². The number of carbonyl (C=O) groups excluding carboxylic acids is 1. The number of aromatic nitrogens is 4. The van der Waals surface area contributed by atoms with Gasteiger partial charge in [0, 0.05) is 30.3 Å². The molecular formula is C26H20FN5O2. The molecule has 8 heteroatoms. The molecule has 0 radical (unpaired) electrons. The molecule has 1 amide bonds. The maximum Gasteiger partial charge on any atom is 0.261 e. The van der Waals surface area contributed by atoms with E-state index in [1.54, 1.807) is 50.3 Å². The Morgan fingerprint density at radius 1 is 0.882 bits per heavy atom. The second-order valence-electron chi connectivity index (χ2n) is 7.68. The van der Waals surface area contributed by atoms with Crippen molar-refractivity contribution < 1.29 is 9.18 Å². The predicted molar refractivity (Wildman–Crippen MR) is 127 cm³/mol. The van der Waals surface area contributed by atoms with Crippen LogP contribution in [0.1, 0.15) is 15.9 Å². The van der Waals surface area contributed by atoms with Crippen molar-refractivity contribution in [1.29, 1.82) is 0 Å². The molecule has 5 rings (SSSR count). The van der Waals surface area contributed by atoms with E-state index in [0.29, 0.717) is 29.3 Å². The average molecular weight is 453 g/mol. The molecule has 3 aromatic heterocycles. The van der Waals surface area contributed by atoms with Crippen LogP contribution >= 0.6 is 0 Å². The number of hydrogen-bond donors (Lipinski definition) is 1. The first-order valence-corrected chi connectivity index (χ1v) is 10.6. The number of pyridine rings is 1. The minimum Gasteiger partial charge on any atom is -0.322 e. The number of anilines is 1. The summed E-state index contributed by atoms with van der Waals surface area (Å²) >= 11 is 0. The standard InChI is InChI=1S/C26H20FN5O2/c27-20-8-12-22(13-9-20)32-26(30-14-3-4-15-30)23(17-28-32)25(34)29-21-10-6-19(7-11-21)18-31-16-2-1-5-24(31)33/h1-17H,18H2,(H,29,34). The lowest BCUT2D eigenvalue weighted by Gasteiger charge is -2.12. The van der Waals surface area contributed by atoms with E-state index in [-0.39, 0.29) is 17.3 Å². The molecule has 3 heterocycles. The molecule has 0 saturated heterocycles. The van der Waals surface area contributed by atoms with E-state index in [1.165, 1.54) is 24.4 Å². The summed E-state index contributed by atoms with van der Waals surface area (Å²) in [5.74, 6) is -0.143. The highest BCUT2D eigenvalue weighted by Crippen LogP contribution is 2.22. The van der Waals surface area contributed by atoms with Gasteiger partial charge in [-0.2, -0.15) is 5.10 Å². The largest absolute Gasteiger partial charge is 0.322 e. The van der Waals surface area contributed by atoms with Gasteiger partial charge < -0.3 is 14.5 Å². The van der Waals surface area contributed by atoms with Crippen LogP contribution in [0, 0.1) is 5.82 Å². The first kappa shape index (κ1) is 21.1. The van der Waals surface area contributed by atoms with Crippen molar-refractivity contribution in [3.8, 4) is 11.5 Å². The van der Waals surface area contributed by atoms with Gasteiger partial charge in [0.2, 0.25) is 0 Å². The second kappa shape index (κ2) is 9.03. The van der Waals surface area contributed by atoms with Crippen LogP contribution in [-0.4, -0.2) is 24.8 Å². The van der Waals surface area contributed by atoms with Gasteiger partial charge in [-0.15, -0.1) is 0 Å². The van der Waals surface area contributed by atoms with Gasteiger partial charge >= 0.3 is 0 Å². The SMILES string of the molecule is O=C(Nc1ccc(Cn2ccccc2=O)cc1)c1cnn(-c2ccc(F)cc2)c1-n1cccc1. The highest BCUT2D eigenvalue weighted by molar-refractivity contribution is 6.06. The number of hydrogen-bond acceptors (Lipinski definition) is 3. The number of benzene rings is 2. The van der Waals surface area contributed by atoms with Gasteiger partial charge in [0.15, 0.2) is 5.82 Å². The van der Waals surface area contributed by atoms with Gasteiger partial charge in [-0.3, -0.25) is 9.59 Å². The fraction of sp³-hybridized carbons (Fsp3) is 0.0385. The molecule has 7 nitrogen and oxygen atoms in total. The number of halogens is 1. The third-order valence-electron chi connectivity index (χ3n) is 5.37. The molecule has 2 aromatic carbocycles. The van der Waals surface area contributed by atoms with Crippen molar-refractivity contribution >= 4 is 11.6 Å². The molecule has 5 aromatic rings. The fourth-order valence-electron chi connectivity index (χ4n) is 3.68.